The monoisotopic (exact) mass is 625 g/mol. The van der Waals surface area contributed by atoms with Gasteiger partial charge in [-0.15, -0.1) is 0 Å². The zero-order valence-electron chi connectivity index (χ0n) is 31.8. The average molecular weight is 625 g/mol. The molecular formula is C42H89P. The van der Waals surface area contributed by atoms with Crippen molar-refractivity contribution in [2.75, 3.05) is 24.6 Å². The normalized spacial score (nSPS) is 13.8. The first kappa shape index (κ1) is 43.4. The van der Waals surface area contributed by atoms with E-state index in [1.807, 2.05) is 0 Å². The van der Waals surface area contributed by atoms with E-state index in [1.165, 1.54) is 161 Å². The summed E-state index contributed by atoms with van der Waals surface area (Å²) < 4.78 is 0. The van der Waals surface area contributed by atoms with Gasteiger partial charge in [-0.25, -0.2) is 0 Å². The summed E-state index contributed by atoms with van der Waals surface area (Å²) in [5.41, 5.74) is 1.10. The number of hydrogen-bond acceptors (Lipinski definition) is 0. The van der Waals surface area contributed by atoms with E-state index < -0.39 is 6.60 Å². The van der Waals surface area contributed by atoms with Gasteiger partial charge in [-0.05, 0) is 0 Å². The van der Waals surface area contributed by atoms with E-state index in [2.05, 4.69) is 41.5 Å². The number of hydrogen-bond donors (Lipinski definition) is 0. The molecule has 0 nitrogen and oxygen atoms in total. The van der Waals surface area contributed by atoms with Crippen LogP contribution in [0, 0.1) is 0 Å². The number of rotatable bonds is 36. The molecule has 0 heterocycles. The van der Waals surface area contributed by atoms with Crippen molar-refractivity contribution in [1.29, 1.82) is 0 Å². The van der Waals surface area contributed by atoms with Crippen LogP contribution in [-0.4, -0.2) is 30.3 Å². The third-order valence-corrected chi connectivity index (χ3v) is 20.2. The maximum atomic E-state index is 2.42. The van der Waals surface area contributed by atoms with E-state index >= 15 is 0 Å². The van der Waals surface area contributed by atoms with Gasteiger partial charge in [0, 0.05) is 0 Å². The van der Waals surface area contributed by atoms with Crippen molar-refractivity contribution in [2.45, 2.75) is 246 Å². The predicted octanol–water partition coefficient (Wildman–Crippen LogP) is 16.1. The Morgan fingerprint density at radius 2 is 0.465 bits per heavy atom. The molecular weight excluding hydrogens is 535 g/mol. The molecule has 1 heteroatoms. The molecule has 0 saturated heterocycles. The molecule has 0 amide bonds. The van der Waals surface area contributed by atoms with E-state index in [-0.39, 0.29) is 0 Å². The van der Waals surface area contributed by atoms with Crippen LogP contribution in [0.2, 0.25) is 0 Å². The van der Waals surface area contributed by atoms with Crippen molar-refractivity contribution >= 4 is 6.60 Å². The first-order valence-electron chi connectivity index (χ1n) is 21.1. The van der Waals surface area contributed by atoms with Gasteiger partial charge in [0.1, 0.15) is 0 Å². The molecule has 0 aromatic carbocycles. The third-order valence-electron chi connectivity index (χ3n) is 11.5. The van der Waals surface area contributed by atoms with Crippen LogP contribution in [0.3, 0.4) is 0 Å². The van der Waals surface area contributed by atoms with E-state index in [0.29, 0.717) is 0 Å². The molecule has 0 spiro atoms. The van der Waals surface area contributed by atoms with Crippen molar-refractivity contribution in [1.82, 2.24) is 0 Å². The molecule has 0 bridgehead atoms. The summed E-state index contributed by atoms with van der Waals surface area (Å²) in [5.74, 6) is 0. The second-order valence-electron chi connectivity index (χ2n) is 15.3. The van der Waals surface area contributed by atoms with Gasteiger partial charge in [0.05, 0.1) is 0 Å². The van der Waals surface area contributed by atoms with Crippen LogP contribution in [0.15, 0.2) is 0 Å². The molecule has 262 valence electrons. The molecule has 0 rings (SSSR count). The number of unbranched alkanes of at least 4 members (excludes halogenated alkanes) is 23. The fourth-order valence-corrected chi connectivity index (χ4v) is 17.6. The Morgan fingerprint density at radius 3 is 0.767 bits per heavy atom. The van der Waals surface area contributed by atoms with Crippen LogP contribution in [0.25, 0.3) is 0 Å². The fraction of sp³-hybridized carbons (Fsp3) is 1.00. The molecule has 43 heavy (non-hydrogen) atoms. The van der Waals surface area contributed by atoms with E-state index in [1.54, 1.807) is 63.2 Å². The Balaban J connectivity index is 6.43. The molecule has 0 N–H and O–H groups in total. The van der Waals surface area contributed by atoms with Crippen molar-refractivity contribution < 1.29 is 0 Å². The van der Waals surface area contributed by atoms with Gasteiger partial charge in [0.25, 0.3) is 0 Å². The zero-order chi connectivity index (χ0) is 31.8. The quantitative estimate of drug-likeness (QED) is 0.0480. The second-order valence-corrected chi connectivity index (χ2v) is 22.0. The van der Waals surface area contributed by atoms with Crippen molar-refractivity contribution in [3.63, 3.8) is 0 Å². The van der Waals surface area contributed by atoms with Gasteiger partial charge in [-0.1, -0.05) is 0 Å². The second kappa shape index (κ2) is 31.1. The minimum absolute atomic E-state index is 1.10. The molecule has 0 radical (unpaired) electrons. The van der Waals surface area contributed by atoms with Crippen LogP contribution in [0.5, 0.6) is 0 Å². The Hall–Kier alpha value is 0.430. The molecule has 0 aromatic heterocycles. The van der Waals surface area contributed by atoms with Crippen molar-refractivity contribution in [3.05, 3.63) is 0 Å². The molecule has 0 aliphatic heterocycles. The van der Waals surface area contributed by atoms with Gasteiger partial charge in [0.2, 0.25) is 0 Å². The van der Waals surface area contributed by atoms with Crippen LogP contribution < -0.4 is 0 Å². The van der Waals surface area contributed by atoms with Gasteiger partial charge >= 0.3 is 277 Å². The van der Waals surface area contributed by atoms with Gasteiger partial charge in [-0.2, -0.15) is 0 Å². The van der Waals surface area contributed by atoms with Crippen LogP contribution >= 0.6 is 6.60 Å². The molecule has 0 fully saturated rings. The standard InChI is InChI=1S/C42H89P/c1-7-13-19-25-28-34-40-43(38-32-23-17-11-5,39-33-24-18-12-6,41-35-29-26-20-14-8-2)42(36-30-22-16-10-4)37-31-27-21-15-9-3/h42H,7-41H2,1-6H3. The van der Waals surface area contributed by atoms with Crippen LogP contribution in [0.1, 0.15) is 241 Å². The maximum absolute atomic E-state index is 2.42. The van der Waals surface area contributed by atoms with Crippen molar-refractivity contribution in [2.24, 2.45) is 0 Å². The summed E-state index contributed by atoms with van der Waals surface area (Å²) in [4.78, 5) is 0. The Labute approximate surface area is 276 Å². The summed E-state index contributed by atoms with van der Waals surface area (Å²) in [5, 5.41) is 0. The molecule has 1 unspecified atom stereocenters. The van der Waals surface area contributed by atoms with Crippen molar-refractivity contribution in [3.8, 4) is 0 Å². The minimum atomic E-state index is -1.86. The average Bonchev–Trinajstić information content (AvgIpc) is 3.02. The van der Waals surface area contributed by atoms with Gasteiger partial charge < -0.3 is 0 Å². The SMILES string of the molecule is CCCCCCCCP(CCCCCC)(CCCCCC)(CCCCCCCC)C(CCCCCC)CCCCCCC. The Bertz CT molecular complexity index is 507. The fourth-order valence-electron chi connectivity index (χ4n) is 8.63. The first-order valence-corrected chi connectivity index (χ1v) is 24.1. The van der Waals surface area contributed by atoms with Gasteiger partial charge in [0.15, 0.2) is 0 Å². The first-order chi connectivity index (χ1) is 21.1. The Morgan fingerprint density at radius 1 is 0.256 bits per heavy atom. The predicted molar refractivity (Wildman–Crippen MR) is 207 cm³/mol. The summed E-state index contributed by atoms with van der Waals surface area (Å²) in [6.45, 7) is 12.5. The molecule has 0 aliphatic carbocycles. The third kappa shape index (κ3) is 21.0. The summed E-state index contributed by atoms with van der Waals surface area (Å²) in [6, 6.07) is 0. The molecule has 0 saturated carbocycles. The summed E-state index contributed by atoms with van der Waals surface area (Å²) in [7, 11) is 0. The molecule has 1 atom stereocenters. The zero-order valence-corrected chi connectivity index (χ0v) is 32.7. The summed E-state index contributed by atoms with van der Waals surface area (Å²) >= 11 is 0. The topological polar surface area (TPSA) is 0 Å². The van der Waals surface area contributed by atoms with Crippen LogP contribution in [0.4, 0.5) is 0 Å². The molecule has 0 aliphatic rings. The van der Waals surface area contributed by atoms with E-state index in [4.69, 9.17) is 0 Å². The van der Waals surface area contributed by atoms with Crippen LogP contribution in [-0.2, 0) is 0 Å². The Kier molecular flexibility index (Phi) is 31.4. The molecule has 0 aromatic rings. The summed E-state index contributed by atoms with van der Waals surface area (Å²) in [6.07, 6.45) is 52.9. The van der Waals surface area contributed by atoms with E-state index in [0.717, 1.165) is 5.66 Å². The van der Waals surface area contributed by atoms with Gasteiger partial charge in [-0.3, -0.25) is 0 Å². The van der Waals surface area contributed by atoms with E-state index in [9.17, 15) is 0 Å².